The predicted octanol–water partition coefficient (Wildman–Crippen LogP) is 3.06. The number of carbonyl (C=O) groups is 1. The van der Waals surface area contributed by atoms with E-state index in [4.69, 9.17) is 0 Å². The molecule has 3 heterocycles. The van der Waals surface area contributed by atoms with Crippen LogP contribution >= 0.6 is 12.4 Å². The fourth-order valence-corrected chi connectivity index (χ4v) is 4.78. The molecule has 2 aromatic rings. The van der Waals surface area contributed by atoms with E-state index in [1.807, 2.05) is 0 Å². The van der Waals surface area contributed by atoms with Gasteiger partial charge in [-0.25, -0.2) is 18.0 Å². The summed E-state index contributed by atoms with van der Waals surface area (Å²) in [5.74, 6) is -5.25. The summed E-state index contributed by atoms with van der Waals surface area (Å²) < 4.78 is 47.0. The lowest BCUT2D eigenvalue weighted by atomic mass is 9.94. The highest BCUT2D eigenvalue weighted by atomic mass is 35.5. The Kier molecular flexibility index (Phi) is 5.22. The Labute approximate surface area is 176 Å². The maximum Gasteiger partial charge on any atom is 0.341 e. The fraction of sp³-hybridized carbons (Fsp3) is 0.500. The van der Waals surface area contributed by atoms with E-state index in [0.717, 1.165) is 25.6 Å². The van der Waals surface area contributed by atoms with Crippen molar-refractivity contribution in [3.8, 4) is 0 Å². The quantitative estimate of drug-likeness (QED) is 0.713. The second kappa shape index (κ2) is 7.46. The molecule has 10 heteroatoms. The second-order valence-corrected chi connectivity index (χ2v) is 8.20. The number of halogens is 4. The lowest BCUT2D eigenvalue weighted by Gasteiger charge is -2.24. The number of rotatable bonds is 3. The summed E-state index contributed by atoms with van der Waals surface area (Å²) in [6, 6.07) is -0.146. The molecule has 162 valence electrons. The van der Waals surface area contributed by atoms with Gasteiger partial charge in [-0.2, -0.15) is 0 Å². The molecule has 1 saturated carbocycles. The number of nitrogens with zero attached hydrogens (tertiary/aromatic N) is 2. The summed E-state index contributed by atoms with van der Waals surface area (Å²) in [6.45, 7) is 1.59. The first-order valence-corrected chi connectivity index (χ1v) is 9.85. The summed E-state index contributed by atoms with van der Waals surface area (Å²) in [5.41, 5.74) is -2.71. The van der Waals surface area contributed by atoms with Gasteiger partial charge >= 0.3 is 5.97 Å². The highest BCUT2D eigenvalue weighted by Crippen LogP contribution is 2.41. The molecule has 1 aromatic carbocycles. The van der Waals surface area contributed by atoms with Gasteiger partial charge in [0.05, 0.1) is 10.9 Å². The van der Waals surface area contributed by atoms with E-state index in [0.29, 0.717) is 25.9 Å². The van der Waals surface area contributed by atoms with Gasteiger partial charge < -0.3 is 19.9 Å². The van der Waals surface area contributed by atoms with Crippen molar-refractivity contribution >= 4 is 35.0 Å². The largest absolute Gasteiger partial charge is 0.477 e. The highest BCUT2D eigenvalue weighted by Gasteiger charge is 2.39. The first-order chi connectivity index (χ1) is 13.9. The first-order valence-electron chi connectivity index (χ1n) is 9.85. The number of aromatic nitrogens is 1. The number of carboxylic acids is 1. The van der Waals surface area contributed by atoms with Crippen molar-refractivity contribution in [2.24, 2.45) is 5.92 Å². The fourth-order valence-electron chi connectivity index (χ4n) is 4.78. The Hall–Kier alpha value is -2.26. The van der Waals surface area contributed by atoms with Crippen molar-refractivity contribution in [1.29, 1.82) is 0 Å². The van der Waals surface area contributed by atoms with Gasteiger partial charge in [0, 0.05) is 31.4 Å². The Morgan fingerprint density at radius 1 is 1.10 bits per heavy atom. The number of nitrogens with one attached hydrogen (secondary N) is 1. The van der Waals surface area contributed by atoms with Crippen LogP contribution in [0.5, 0.6) is 0 Å². The third-order valence-corrected chi connectivity index (χ3v) is 6.36. The van der Waals surface area contributed by atoms with Gasteiger partial charge in [0.25, 0.3) is 0 Å². The van der Waals surface area contributed by atoms with E-state index in [2.05, 4.69) is 5.32 Å². The third-order valence-electron chi connectivity index (χ3n) is 6.36. The molecule has 3 aliphatic rings. The minimum atomic E-state index is -1.55. The lowest BCUT2D eigenvalue weighted by Crippen LogP contribution is -2.40. The van der Waals surface area contributed by atoms with Gasteiger partial charge in [-0.05, 0) is 38.1 Å². The summed E-state index contributed by atoms with van der Waals surface area (Å²) >= 11 is 0. The van der Waals surface area contributed by atoms with E-state index in [1.165, 1.54) is 9.47 Å². The summed E-state index contributed by atoms with van der Waals surface area (Å²) in [6.07, 6.45) is 4.28. The summed E-state index contributed by atoms with van der Waals surface area (Å²) in [4.78, 5) is 25.5. The zero-order valence-electron chi connectivity index (χ0n) is 16.0. The molecule has 0 unspecified atom stereocenters. The van der Waals surface area contributed by atoms with Gasteiger partial charge in [-0.3, -0.25) is 4.79 Å². The molecule has 3 fully saturated rings. The van der Waals surface area contributed by atoms with Gasteiger partial charge in [0.2, 0.25) is 5.43 Å². The molecule has 0 radical (unpaired) electrons. The minimum absolute atomic E-state index is 0. The van der Waals surface area contributed by atoms with E-state index in [1.54, 1.807) is 0 Å². The first kappa shape index (κ1) is 21.0. The Morgan fingerprint density at radius 2 is 1.83 bits per heavy atom. The van der Waals surface area contributed by atoms with Gasteiger partial charge in [-0.15, -0.1) is 12.4 Å². The predicted molar refractivity (Wildman–Crippen MR) is 107 cm³/mol. The number of hydrogen-bond acceptors (Lipinski definition) is 4. The molecule has 30 heavy (non-hydrogen) atoms. The summed E-state index contributed by atoms with van der Waals surface area (Å²) in [7, 11) is 0. The average Bonchev–Trinajstić information content (AvgIpc) is 3.44. The molecular weight excluding hydrogens is 423 g/mol. The second-order valence-electron chi connectivity index (χ2n) is 8.20. The molecule has 2 atom stereocenters. The van der Waals surface area contributed by atoms with Crippen LogP contribution in [0.25, 0.3) is 10.9 Å². The van der Waals surface area contributed by atoms with E-state index in [-0.39, 0.29) is 35.9 Å². The molecular formula is C20H21ClF3N3O3. The van der Waals surface area contributed by atoms with Crippen LogP contribution in [0.4, 0.5) is 18.9 Å². The molecule has 1 aromatic heterocycles. The Balaban J connectivity index is 0.00000218. The molecule has 2 aliphatic heterocycles. The third kappa shape index (κ3) is 3.06. The van der Waals surface area contributed by atoms with Crippen molar-refractivity contribution in [3.63, 3.8) is 0 Å². The van der Waals surface area contributed by atoms with Crippen molar-refractivity contribution in [2.75, 3.05) is 24.5 Å². The SMILES string of the molecule is Cl.O=C(O)c1cn(C2CC2)c2c(F)c(N3C[C@@H]4CCCN[C@@H]4C3)c(F)c(F)c2c1=O. The van der Waals surface area contributed by atoms with E-state index in [9.17, 15) is 14.7 Å². The molecule has 1 aliphatic carbocycles. The molecule has 2 N–H and O–H groups in total. The minimum Gasteiger partial charge on any atom is -0.477 e. The molecule has 5 rings (SSSR count). The molecule has 6 nitrogen and oxygen atoms in total. The number of benzene rings is 1. The van der Waals surface area contributed by atoms with E-state index >= 15 is 13.2 Å². The summed E-state index contributed by atoms with van der Waals surface area (Å²) in [5, 5.41) is 11.8. The normalized spacial score (nSPS) is 23.4. The van der Waals surface area contributed by atoms with Crippen LogP contribution in [0.15, 0.2) is 11.0 Å². The van der Waals surface area contributed by atoms with Crippen molar-refractivity contribution in [3.05, 3.63) is 39.4 Å². The number of hydrogen-bond donors (Lipinski definition) is 2. The maximum atomic E-state index is 15.6. The van der Waals surface area contributed by atoms with Crippen LogP contribution in [0.3, 0.4) is 0 Å². The number of anilines is 1. The van der Waals surface area contributed by atoms with E-state index < -0.39 is 45.5 Å². The molecule has 0 spiro atoms. The number of aromatic carboxylic acids is 1. The number of pyridine rings is 1. The smallest absolute Gasteiger partial charge is 0.341 e. The van der Waals surface area contributed by atoms with Crippen LogP contribution in [0, 0.1) is 23.4 Å². The Morgan fingerprint density at radius 3 is 2.47 bits per heavy atom. The van der Waals surface area contributed by atoms with Crippen molar-refractivity contribution < 1.29 is 23.1 Å². The van der Waals surface area contributed by atoms with Gasteiger partial charge in [0.15, 0.2) is 17.5 Å². The Bertz CT molecular complexity index is 1090. The molecule has 0 amide bonds. The van der Waals surface area contributed by atoms with Crippen LogP contribution in [-0.4, -0.2) is 41.3 Å². The van der Waals surface area contributed by atoms with Crippen molar-refractivity contribution in [1.82, 2.24) is 9.88 Å². The topological polar surface area (TPSA) is 74.6 Å². The number of piperidine rings is 1. The molecule has 2 saturated heterocycles. The zero-order chi connectivity index (χ0) is 20.4. The highest BCUT2D eigenvalue weighted by molar-refractivity contribution is 5.94. The monoisotopic (exact) mass is 443 g/mol. The van der Waals surface area contributed by atoms with Crippen LogP contribution < -0.4 is 15.6 Å². The lowest BCUT2D eigenvalue weighted by molar-refractivity contribution is 0.0694. The van der Waals surface area contributed by atoms with Gasteiger partial charge in [0.1, 0.15) is 11.3 Å². The average molecular weight is 444 g/mol. The van der Waals surface area contributed by atoms with Crippen molar-refractivity contribution in [2.45, 2.75) is 37.8 Å². The number of carboxylic acid groups (broad SMARTS) is 1. The molecule has 0 bridgehead atoms. The van der Waals surface area contributed by atoms with Crippen LogP contribution in [0.2, 0.25) is 0 Å². The zero-order valence-corrected chi connectivity index (χ0v) is 16.8. The van der Waals surface area contributed by atoms with Crippen LogP contribution in [-0.2, 0) is 0 Å². The maximum absolute atomic E-state index is 15.6. The standard InChI is InChI=1S/C20H20F3N3O3.ClH/c21-14-13-17(26(10-3-4-10)7-11(19(13)27)20(28)29)16(23)18(15(14)22)25-6-9-2-1-5-24-12(9)8-25;/h7,9-10,12,24H,1-6,8H2,(H,28,29);1H/t9-,12+;/m0./s1. The number of fused-ring (bicyclic) bond motifs is 2. The van der Waals surface area contributed by atoms with Gasteiger partial charge in [-0.1, -0.05) is 0 Å². The van der Waals surface area contributed by atoms with Crippen LogP contribution in [0.1, 0.15) is 42.1 Å².